The number of halogens is 1. The molecule has 58 valence electrons. The van der Waals surface area contributed by atoms with E-state index in [0.717, 1.165) is 18.9 Å². The molecule has 1 aromatic rings. The quantitative estimate of drug-likeness (QED) is 0.599. The third-order valence-electron chi connectivity index (χ3n) is 1.79. The van der Waals surface area contributed by atoms with Crippen molar-refractivity contribution in [3.63, 3.8) is 0 Å². The summed E-state index contributed by atoms with van der Waals surface area (Å²) in [7, 11) is 0. The molecule has 0 N–H and O–H groups in total. The van der Waals surface area contributed by atoms with Crippen LogP contribution in [0.4, 0.5) is 0 Å². The van der Waals surface area contributed by atoms with E-state index in [1.165, 1.54) is 0 Å². The smallest absolute Gasteiger partial charge is 0.129 e. The van der Waals surface area contributed by atoms with Crippen LogP contribution in [-0.4, -0.2) is 18.2 Å². The fourth-order valence-corrected chi connectivity index (χ4v) is 1.23. The minimum atomic E-state index is 0.466. The molecular weight excluding hydrogens is 162 g/mol. The molecule has 1 aliphatic rings. The van der Waals surface area contributed by atoms with Crippen molar-refractivity contribution in [1.29, 1.82) is 0 Å². The molecule has 0 aromatic carbocycles. The van der Waals surface area contributed by atoms with Crippen molar-refractivity contribution < 1.29 is 4.74 Å². The van der Waals surface area contributed by atoms with Gasteiger partial charge in [-0.25, -0.2) is 4.98 Å². The molecular formula is C8H8ClNO. The molecule has 1 aliphatic heterocycles. The van der Waals surface area contributed by atoms with Gasteiger partial charge in [-0.15, -0.1) is 0 Å². The lowest BCUT2D eigenvalue weighted by Crippen LogP contribution is -2.25. The SMILES string of the molecule is Clc1cccc(C2COC2)n1. The fraction of sp³-hybridized carbons (Fsp3) is 0.375. The van der Waals surface area contributed by atoms with Crippen LogP contribution in [0.25, 0.3) is 0 Å². The normalized spacial score (nSPS) is 17.9. The van der Waals surface area contributed by atoms with Crippen molar-refractivity contribution >= 4 is 11.6 Å². The number of aromatic nitrogens is 1. The van der Waals surface area contributed by atoms with Gasteiger partial charge in [0.1, 0.15) is 5.15 Å². The monoisotopic (exact) mass is 169 g/mol. The van der Waals surface area contributed by atoms with Crippen molar-refractivity contribution in [3.05, 3.63) is 29.0 Å². The summed E-state index contributed by atoms with van der Waals surface area (Å²) in [5.41, 5.74) is 1.05. The van der Waals surface area contributed by atoms with Crippen LogP contribution < -0.4 is 0 Å². The summed E-state index contributed by atoms with van der Waals surface area (Å²) in [6.07, 6.45) is 0. The first-order valence-electron chi connectivity index (χ1n) is 3.56. The average molecular weight is 170 g/mol. The molecule has 1 saturated heterocycles. The summed E-state index contributed by atoms with van der Waals surface area (Å²) in [5.74, 6) is 0.466. The first-order valence-corrected chi connectivity index (χ1v) is 3.94. The molecule has 1 aromatic heterocycles. The van der Waals surface area contributed by atoms with Crippen LogP contribution in [0.15, 0.2) is 18.2 Å². The highest BCUT2D eigenvalue weighted by atomic mass is 35.5. The summed E-state index contributed by atoms with van der Waals surface area (Å²) in [6.45, 7) is 1.57. The highest BCUT2D eigenvalue weighted by Crippen LogP contribution is 2.22. The molecule has 11 heavy (non-hydrogen) atoms. The second-order valence-electron chi connectivity index (χ2n) is 2.62. The van der Waals surface area contributed by atoms with Crippen molar-refractivity contribution in [2.24, 2.45) is 0 Å². The van der Waals surface area contributed by atoms with Gasteiger partial charge < -0.3 is 4.74 Å². The number of hydrogen-bond acceptors (Lipinski definition) is 2. The molecule has 2 nitrogen and oxygen atoms in total. The molecule has 0 unspecified atom stereocenters. The lowest BCUT2D eigenvalue weighted by molar-refractivity contribution is 0.00672. The Hall–Kier alpha value is -0.600. The van der Waals surface area contributed by atoms with Crippen LogP contribution >= 0.6 is 11.6 Å². The van der Waals surface area contributed by atoms with Crippen LogP contribution in [-0.2, 0) is 4.74 Å². The summed E-state index contributed by atoms with van der Waals surface area (Å²) in [6, 6.07) is 5.69. The van der Waals surface area contributed by atoms with E-state index in [9.17, 15) is 0 Å². The van der Waals surface area contributed by atoms with Gasteiger partial charge in [-0.05, 0) is 12.1 Å². The zero-order valence-electron chi connectivity index (χ0n) is 5.96. The van der Waals surface area contributed by atoms with Gasteiger partial charge >= 0.3 is 0 Å². The highest BCUT2D eigenvalue weighted by Gasteiger charge is 2.21. The molecule has 0 atom stereocenters. The summed E-state index contributed by atoms with van der Waals surface area (Å²) in [5, 5.41) is 0.564. The largest absolute Gasteiger partial charge is 0.380 e. The molecule has 1 fully saturated rings. The zero-order valence-corrected chi connectivity index (χ0v) is 6.71. The van der Waals surface area contributed by atoms with Crippen LogP contribution in [0.5, 0.6) is 0 Å². The van der Waals surface area contributed by atoms with Crippen molar-refractivity contribution in [2.45, 2.75) is 5.92 Å². The van der Waals surface area contributed by atoms with E-state index in [1.807, 2.05) is 12.1 Å². The minimum Gasteiger partial charge on any atom is -0.380 e. The van der Waals surface area contributed by atoms with E-state index in [0.29, 0.717) is 11.1 Å². The molecule has 0 amide bonds. The first kappa shape index (κ1) is 7.07. The van der Waals surface area contributed by atoms with Gasteiger partial charge in [0.25, 0.3) is 0 Å². The van der Waals surface area contributed by atoms with E-state index in [-0.39, 0.29) is 0 Å². The second-order valence-corrected chi connectivity index (χ2v) is 3.01. The Morgan fingerprint density at radius 1 is 1.45 bits per heavy atom. The molecule has 2 heterocycles. The number of rotatable bonds is 1. The molecule has 3 heteroatoms. The van der Waals surface area contributed by atoms with Crippen molar-refractivity contribution in [2.75, 3.05) is 13.2 Å². The van der Waals surface area contributed by atoms with Crippen LogP contribution in [0.1, 0.15) is 11.6 Å². The molecule has 2 rings (SSSR count). The predicted molar refractivity (Wildman–Crippen MR) is 42.8 cm³/mol. The van der Waals surface area contributed by atoms with Gasteiger partial charge in [0.2, 0.25) is 0 Å². The topological polar surface area (TPSA) is 22.1 Å². The van der Waals surface area contributed by atoms with E-state index in [4.69, 9.17) is 16.3 Å². The Labute approximate surface area is 70.2 Å². The molecule has 0 radical (unpaired) electrons. The average Bonchev–Trinajstić information content (AvgIpc) is 1.83. The minimum absolute atomic E-state index is 0.466. The fourth-order valence-electron chi connectivity index (χ4n) is 1.06. The molecule has 0 saturated carbocycles. The Morgan fingerprint density at radius 3 is 2.82 bits per heavy atom. The summed E-state index contributed by atoms with van der Waals surface area (Å²) < 4.78 is 5.05. The van der Waals surface area contributed by atoms with Gasteiger partial charge in [-0.2, -0.15) is 0 Å². The lowest BCUT2D eigenvalue weighted by Gasteiger charge is -2.25. The Bertz CT molecular complexity index is 260. The maximum Gasteiger partial charge on any atom is 0.129 e. The highest BCUT2D eigenvalue weighted by molar-refractivity contribution is 6.29. The van der Waals surface area contributed by atoms with Gasteiger partial charge in [-0.3, -0.25) is 0 Å². The van der Waals surface area contributed by atoms with E-state index in [1.54, 1.807) is 6.07 Å². The third-order valence-corrected chi connectivity index (χ3v) is 2.00. The Morgan fingerprint density at radius 2 is 2.27 bits per heavy atom. The summed E-state index contributed by atoms with van der Waals surface area (Å²) >= 11 is 5.72. The maximum absolute atomic E-state index is 5.72. The van der Waals surface area contributed by atoms with E-state index < -0.39 is 0 Å². The standard InChI is InChI=1S/C8H8ClNO/c9-8-3-1-2-7(10-8)6-4-11-5-6/h1-3,6H,4-5H2. The number of nitrogens with zero attached hydrogens (tertiary/aromatic N) is 1. The Balaban J connectivity index is 2.23. The first-order chi connectivity index (χ1) is 5.36. The molecule has 0 bridgehead atoms. The van der Waals surface area contributed by atoms with Gasteiger partial charge in [0.15, 0.2) is 0 Å². The van der Waals surface area contributed by atoms with E-state index >= 15 is 0 Å². The lowest BCUT2D eigenvalue weighted by atomic mass is 10.0. The van der Waals surface area contributed by atoms with Crippen LogP contribution in [0.3, 0.4) is 0 Å². The van der Waals surface area contributed by atoms with Crippen molar-refractivity contribution in [3.8, 4) is 0 Å². The summed E-state index contributed by atoms with van der Waals surface area (Å²) in [4.78, 5) is 4.18. The zero-order chi connectivity index (χ0) is 7.68. The van der Waals surface area contributed by atoms with Crippen LogP contribution in [0, 0.1) is 0 Å². The second kappa shape index (κ2) is 2.80. The van der Waals surface area contributed by atoms with E-state index in [2.05, 4.69) is 4.98 Å². The molecule has 0 aliphatic carbocycles. The maximum atomic E-state index is 5.72. The van der Waals surface area contributed by atoms with Crippen molar-refractivity contribution in [1.82, 2.24) is 4.98 Å². The number of pyridine rings is 1. The van der Waals surface area contributed by atoms with Gasteiger partial charge in [0.05, 0.1) is 13.2 Å². The van der Waals surface area contributed by atoms with Gasteiger partial charge in [-0.1, -0.05) is 17.7 Å². The third kappa shape index (κ3) is 1.37. The molecule has 0 spiro atoms. The number of hydrogen-bond donors (Lipinski definition) is 0. The van der Waals surface area contributed by atoms with Gasteiger partial charge in [0, 0.05) is 11.6 Å². The predicted octanol–water partition coefficient (Wildman–Crippen LogP) is 1.85. The van der Waals surface area contributed by atoms with Crippen LogP contribution in [0.2, 0.25) is 5.15 Å². The number of ether oxygens (including phenoxy) is 1. The Kier molecular flexibility index (Phi) is 1.80.